The SMILES string of the molecule is CNS(=O)(=O)c1c(F)c(F)c(C)c(F)c1C1CCC(O)CC1. The zero-order valence-corrected chi connectivity index (χ0v) is 13.1. The van der Waals surface area contributed by atoms with Crippen molar-refractivity contribution in [3.8, 4) is 0 Å². The monoisotopic (exact) mass is 337 g/mol. The summed E-state index contributed by atoms with van der Waals surface area (Å²) in [5.41, 5.74) is -0.855. The molecule has 1 saturated carbocycles. The summed E-state index contributed by atoms with van der Waals surface area (Å²) < 4.78 is 68.5. The summed E-state index contributed by atoms with van der Waals surface area (Å²) in [6.45, 7) is 1.07. The minimum absolute atomic E-state index is 0.314. The minimum Gasteiger partial charge on any atom is -0.393 e. The van der Waals surface area contributed by atoms with Crippen molar-refractivity contribution < 1.29 is 26.7 Å². The van der Waals surface area contributed by atoms with Crippen LogP contribution in [0.15, 0.2) is 4.90 Å². The number of hydrogen-bond acceptors (Lipinski definition) is 3. The van der Waals surface area contributed by atoms with Crippen molar-refractivity contribution in [1.29, 1.82) is 0 Å². The van der Waals surface area contributed by atoms with Crippen LogP contribution in [0.2, 0.25) is 0 Å². The molecule has 0 unspecified atom stereocenters. The third kappa shape index (κ3) is 2.87. The van der Waals surface area contributed by atoms with Gasteiger partial charge in [0.05, 0.1) is 6.10 Å². The number of nitrogens with one attached hydrogen (secondary N) is 1. The lowest BCUT2D eigenvalue weighted by Gasteiger charge is -2.28. The molecule has 0 heterocycles. The first kappa shape index (κ1) is 17.2. The molecule has 8 heteroatoms. The van der Waals surface area contributed by atoms with Crippen LogP contribution in [-0.4, -0.2) is 26.7 Å². The van der Waals surface area contributed by atoms with Crippen molar-refractivity contribution in [3.05, 3.63) is 28.6 Å². The first-order chi connectivity index (χ1) is 10.2. The molecule has 0 bridgehead atoms. The summed E-state index contributed by atoms with van der Waals surface area (Å²) in [7, 11) is -3.30. The number of aliphatic hydroxyl groups is 1. The van der Waals surface area contributed by atoms with Crippen LogP contribution in [-0.2, 0) is 10.0 Å². The molecule has 0 aliphatic heterocycles. The minimum atomic E-state index is -4.35. The topological polar surface area (TPSA) is 66.4 Å². The Labute approximate surface area is 127 Å². The average Bonchev–Trinajstić information content (AvgIpc) is 2.49. The van der Waals surface area contributed by atoms with E-state index in [1.807, 2.05) is 4.72 Å². The molecule has 1 aromatic carbocycles. The molecule has 1 aliphatic carbocycles. The maximum Gasteiger partial charge on any atom is 0.243 e. The van der Waals surface area contributed by atoms with Crippen molar-refractivity contribution in [2.75, 3.05) is 7.05 Å². The fourth-order valence-electron chi connectivity index (χ4n) is 2.87. The highest BCUT2D eigenvalue weighted by atomic mass is 32.2. The van der Waals surface area contributed by atoms with E-state index >= 15 is 0 Å². The van der Waals surface area contributed by atoms with Gasteiger partial charge in [-0.25, -0.2) is 26.3 Å². The number of sulfonamides is 1. The highest BCUT2D eigenvalue weighted by Crippen LogP contribution is 2.40. The van der Waals surface area contributed by atoms with Gasteiger partial charge < -0.3 is 5.11 Å². The Morgan fingerprint density at radius 1 is 1.05 bits per heavy atom. The van der Waals surface area contributed by atoms with E-state index in [1.165, 1.54) is 0 Å². The van der Waals surface area contributed by atoms with Crippen LogP contribution in [0.4, 0.5) is 13.2 Å². The molecule has 1 fully saturated rings. The molecule has 124 valence electrons. The highest BCUT2D eigenvalue weighted by molar-refractivity contribution is 7.89. The zero-order chi connectivity index (χ0) is 16.7. The molecule has 0 atom stereocenters. The summed E-state index contributed by atoms with van der Waals surface area (Å²) in [5, 5.41) is 9.51. The first-order valence-electron chi connectivity index (χ1n) is 6.99. The standard InChI is InChI=1S/C14H18F3NO3S/c1-7-11(15)10(8-3-5-9(19)6-4-8)14(13(17)12(7)16)22(20,21)18-2/h8-9,18-19H,3-6H2,1-2H3. The van der Waals surface area contributed by atoms with Gasteiger partial charge in [-0.05, 0) is 45.6 Å². The van der Waals surface area contributed by atoms with E-state index in [4.69, 9.17) is 0 Å². The van der Waals surface area contributed by atoms with Crippen LogP contribution in [0, 0.1) is 24.4 Å². The number of benzene rings is 1. The molecule has 0 spiro atoms. The Kier molecular flexibility index (Phi) is 4.84. The Morgan fingerprint density at radius 3 is 2.09 bits per heavy atom. The van der Waals surface area contributed by atoms with Gasteiger partial charge in [0.2, 0.25) is 10.0 Å². The second kappa shape index (κ2) is 6.17. The average molecular weight is 337 g/mol. The van der Waals surface area contributed by atoms with Crippen LogP contribution in [0.1, 0.15) is 42.7 Å². The van der Waals surface area contributed by atoms with Crippen LogP contribution in [0.5, 0.6) is 0 Å². The van der Waals surface area contributed by atoms with Gasteiger partial charge in [-0.15, -0.1) is 0 Å². The van der Waals surface area contributed by atoms with Gasteiger partial charge >= 0.3 is 0 Å². The smallest absolute Gasteiger partial charge is 0.243 e. The molecule has 0 saturated heterocycles. The normalized spacial score (nSPS) is 22.8. The van der Waals surface area contributed by atoms with E-state index in [0.717, 1.165) is 14.0 Å². The Bertz CT molecular complexity index is 683. The Balaban J connectivity index is 2.71. The summed E-state index contributed by atoms with van der Waals surface area (Å²) in [6, 6.07) is 0. The lowest BCUT2D eigenvalue weighted by molar-refractivity contribution is 0.121. The molecular weight excluding hydrogens is 319 g/mol. The van der Waals surface area contributed by atoms with E-state index in [1.54, 1.807) is 0 Å². The van der Waals surface area contributed by atoms with Gasteiger partial charge in [-0.2, -0.15) is 0 Å². The summed E-state index contributed by atoms with van der Waals surface area (Å²) in [5.74, 6) is -4.66. The Hall–Kier alpha value is -1.12. The van der Waals surface area contributed by atoms with Gasteiger partial charge in [-0.3, -0.25) is 0 Å². The predicted molar refractivity (Wildman–Crippen MR) is 74.5 cm³/mol. The van der Waals surface area contributed by atoms with Crippen molar-refractivity contribution in [3.63, 3.8) is 0 Å². The van der Waals surface area contributed by atoms with Crippen molar-refractivity contribution in [1.82, 2.24) is 4.72 Å². The van der Waals surface area contributed by atoms with E-state index in [0.29, 0.717) is 25.7 Å². The Morgan fingerprint density at radius 2 is 1.59 bits per heavy atom. The van der Waals surface area contributed by atoms with E-state index in [9.17, 15) is 26.7 Å². The fraction of sp³-hybridized carbons (Fsp3) is 0.571. The second-order valence-corrected chi connectivity index (χ2v) is 7.35. The molecule has 22 heavy (non-hydrogen) atoms. The first-order valence-corrected chi connectivity index (χ1v) is 8.47. The van der Waals surface area contributed by atoms with E-state index < -0.39 is 50.0 Å². The fourth-order valence-corrected chi connectivity index (χ4v) is 3.95. The highest BCUT2D eigenvalue weighted by Gasteiger charge is 2.35. The lowest BCUT2D eigenvalue weighted by Crippen LogP contribution is -2.26. The van der Waals surface area contributed by atoms with Crippen molar-refractivity contribution in [2.24, 2.45) is 0 Å². The maximum atomic E-state index is 14.5. The van der Waals surface area contributed by atoms with Crippen molar-refractivity contribution >= 4 is 10.0 Å². The summed E-state index contributed by atoms with van der Waals surface area (Å²) in [4.78, 5) is -0.961. The lowest BCUT2D eigenvalue weighted by atomic mass is 9.82. The molecule has 4 nitrogen and oxygen atoms in total. The number of halogens is 3. The predicted octanol–water partition coefficient (Wildman–Crippen LogP) is 2.34. The molecule has 0 radical (unpaired) electrons. The van der Waals surface area contributed by atoms with Gasteiger partial charge in [-0.1, -0.05) is 0 Å². The third-order valence-electron chi connectivity index (χ3n) is 4.17. The third-order valence-corrected chi connectivity index (χ3v) is 5.65. The van der Waals surface area contributed by atoms with Gasteiger partial charge in [0.15, 0.2) is 11.6 Å². The molecule has 2 N–H and O–H groups in total. The van der Waals surface area contributed by atoms with Gasteiger partial charge in [0.1, 0.15) is 10.7 Å². The molecule has 2 rings (SSSR count). The molecule has 1 aliphatic rings. The number of hydrogen-bond donors (Lipinski definition) is 2. The van der Waals surface area contributed by atoms with Crippen LogP contribution in [0.25, 0.3) is 0 Å². The van der Waals surface area contributed by atoms with Crippen LogP contribution < -0.4 is 4.72 Å². The molecular formula is C14H18F3NO3S. The summed E-state index contributed by atoms with van der Waals surface area (Å²) in [6.07, 6.45) is 0.821. The quantitative estimate of drug-likeness (QED) is 0.832. The zero-order valence-electron chi connectivity index (χ0n) is 12.3. The van der Waals surface area contributed by atoms with Crippen LogP contribution >= 0.6 is 0 Å². The second-order valence-electron chi connectivity index (χ2n) is 5.52. The molecule has 1 aromatic rings. The van der Waals surface area contributed by atoms with E-state index in [2.05, 4.69) is 0 Å². The van der Waals surface area contributed by atoms with E-state index in [-0.39, 0.29) is 5.56 Å². The molecule has 0 amide bonds. The number of aliphatic hydroxyl groups excluding tert-OH is 1. The van der Waals surface area contributed by atoms with Crippen LogP contribution in [0.3, 0.4) is 0 Å². The van der Waals surface area contributed by atoms with Crippen molar-refractivity contribution in [2.45, 2.75) is 49.5 Å². The largest absolute Gasteiger partial charge is 0.393 e. The maximum absolute atomic E-state index is 14.5. The summed E-state index contributed by atoms with van der Waals surface area (Å²) >= 11 is 0. The van der Waals surface area contributed by atoms with Gasteiger partial charge in [0.25, 0.3) is 0 Å². The van der Waals surface area contributed by atoms with Gasteiger partial charge in [0, 0.05) is 11.1 Å². The number of rotatable bonds is 3. The molecule has 0 aromatic heterocycles.